The molecule has 0 aliphatic heterocycles. The average Bonchev–Trinajstić information content (AvgIpc) is 2.98. The first kappa shape index (κ1) is 15.5. The van der Waals surface area contributed by atoms with Gasteiger partial charge in [0.2, 0.25) is 0 Å². The van der Waals surface area contributed by atoms with Crippen LogP contribution in [0.4, 0.5) is 0 Å². The number of methoxy groups -OCH3 is 1. The molecule has 2 heterocycles. The molecule has 0 amide bonds. The Morgan fingerprint density at radius 1 is 0.960 bits per heavy atom. The Balaban J connectivity index is 2.20. The molecule has 4 aromatic rings. The highest BCUT2D eigenvalue weighted by atomic mass is 16.5. The summed E-state index contributed by atoms with van der Waals surface area (Å²) in [7, 11) is 1.63. The minimum absolute atomic E-state index is 0.337. The molecule has 4 nitrogen and oxygen atoms in total. The second kappa shape index (κ2) is 5.52. The molecule has 0 unspecified atom stereocenters. The van der Waals surface area contributed by atoms with Crippen molar-refractivity contribution in [2.24, 2.45) is 0 Å². The predicted octanol–water partition coefficient (Wildman–Crippen LogP) is 5.14. The van der Waals surface area contributed by atoms with Gasteiger partial charge in [0, 0.05) is 27.5 Å². The van der Waals surface area contributed by atoms with Crippen molar-refractivity contribution in [2.75, 3.05) is 7.11 Å². The van der Waals surface area contributed by atoms with Crippen LogP contribution in [0, 0.1) is 20.8 Å². The van der Waals surface area contributed by atoms with Gasteiger partial charge in [-0.15, -0.1) is 0 Å². The van der Waals surface area contributed by atoms with Crippen LogP contribution in [0.5, 0.6) is 5.75 Å². The zero-order valence-corrected chi connectivity index (χ0v) is 14.6. The molecule has 4 heteroatoms. The first-order valence-electron chi connectivity index (χ1n) is 8.10. The van der Waals surface area contributed by atoms with Gasteiger partial charge in [0.1, 0.15) is 16.9 Å². The number of fused-ring (bicyclic) bond motifs is 2. The lowest BCUT2D eigenvalue weighted by Crippen LogP contribution is -2.06. The molecule has 0 fully saturated rings. The second-order valence-electron chi connectivity index (χ2n) is 6.30. The van der Waals surface area contributed by atoms with Gasteiger partial charge in [0.15, 0.2) is 0 Å². The first-order valence-corrected chi connectivity index (χ1v) is 8.10. The Hall–Kier alpha value is -3.01. The molecular weight excluding hydrogens is 316 g/mol. The molecule has 0 N–H and O–H groups in total. The van der Waals surface area contributed by atoms with E-state index in [9.17, 15) is 4.79 Å². The lowest BCUT2D eigenvalue weighted by atomic mass is 9.95. The van der Waals surface area contributed by atoms with Gasteiger partial charge in [-0.2, -0.15) is 0 Å². The Morgan fingerprint density at radius 2 is 1.76 bits per heavy atom. The molecule has 0 spiro atoms. The van der Waals surface area contributed by atoms with Gasteiger partial charge in [0.25, 0.3) is 0 Å². The Bertz CT molecular complexity index is 1180. The van der Waals surface area contributed by atoms with Crippen LogP contribution >= 0.6 is 0 Å². The molecule has 0 aliphatic rings. The molecule has 0 atom stereocenters. The molecule has 126 valence electrons. The third kappa shape index (κ3) is 2.25. The number of aryl methyl sites for hydroxylation is 2. The molecule has 4 rings (SSSR count). The van der Waals surface area contributed by atoms with Crippen molar-refractivity contribution in [1.29, 1.82) is 0 Å². The van der Waals surface area contributed by atoms with Gasteiger partial charge in [-0.3, -0.25) is 0 Å². The van der Waals surface area contributed by atoms with E-state index < -0.39 is 0 Å². The van der Waals surface area contributed by atoms with E-state index in [-0.39, 0.29) is 5.63 Å². The fourth-order valence-electron chi connectivity index (χ4n) is 3.38. The fraction of sp³-hybridized carbons (Fsp3) is 0.190. The maximum atomic E-state index is 12.4. The summed E-state index contributed by atoms with van der Waals surface area (Å²) in [6.45, 7) is 5.72. The van der Waals surface area contributed by atoms with E-state index >= 15 is 0 Å². The summed E-state index contributed by atoms with van der Waals surface area (Å²) in [5, 5.41) is 1.93. The largest absolute Gasteiger partial charge is 0.497 e. The van der Waals surface area contributed by atoms with Crippen molar-refractivity contribution in [3.05, 3.63) is 63.7 Å². The van der Waals surface area contributed by atoms with Crippen LogP contribution < -0.4 is 10.4 Å². The topological polar surface area (TPSA) is 52.6 Å². The van der Waals surface area contributed by atoms with E-state index in [1.807, 2.05) is 44.2 Å². The molecule has 2 aromatic carbocycles. The minimum Gasteiger partial charge on any atom is -0.497 e. The van der Waals surface area contributed by atoms with Gasteiger partial charge in [-0.25, -0.2) is 4.79 Å². The van der Waals surface area contributed by atoms with Crippen LogP contribution in [0.1, 0.15) is 16.7 Å². The first-order chi connectivity index (χ1) is 12.0. The Kier molecular flexibility index (Phi) is 3.42. The highest BCUT2D eigenvalue weighted by Crippen LogP contribution is 2.37. The number of hydrogen-bond donors (Lipinski definition) is 0. The van der Waals surface area contributed by atoms with Crippen molar-refractivity contribution < 1.29 is 13.6 Å². The van der Waals surface area contributed by atoms with Crippen LogP contribution in [0.15, 0.2) is 50.2 Å². The van der Waals surface area contributed by atoms with Crippen molar-refractivity contribution in [2.45, 2.75) is 20.8 Å². The van der Waals surface area contributed by atoms with E-state index in [1.165, 1.54) is 0 Å². The summed E-state index contributed by atoms with van der Waals surface area (Å²) in [4.78, 5) is 12.4. The molecule has 0 bridgehead atoms. The Morgan fingerprint density at radius 3 is 2.52 bits per heavy atom. The van der Waals surface area contributed by atoms with Gasteiger partial charge in [-0.05, 0) is 50.1 Å². The van der Waals surface area contributed by atoms with Crippen molar-refractivity contribution in [3.8, 4) is 16.9 Å². The van der Waals surface area contributed by atoms with Crippen molar-refractivity contribution in [3.63, 3.8) is 0 Å². The monoisotopic (exact) mass is 334 g/mol. The molecule has 0 radical (unpaired) electrons. The third-order valence-electron chi connectivity index (χ3n) is 4.74. The van der Waals surface area contributed by atoms with Crippen LogP contribution in [0.25, 0.3) is 33.1 Å². The highest BCUT2D eigenvalue weighted by Gasteiger charge is 2.18. The van der Waals surface area contributed by atoms with E-state index in [1.54, 1.807) is 20.3 Å². The normalized spacial score (nSPS) is 11.4. The molecule has 0 saturated carbocycles. The standard InChI is InChI=1S/C21H18O4/c1-11-10-24-19-13(3)20-17(9-16(11)19)18(12(2)21(22)25-20)14-6-5-7-15(8-14)23-4/h5-10H,1-4H3. The summed E-state index contributed by atoms with van der Waals surface area (Å²) in [5.74, 6) is 0.746. The average molecular weight is 334 g/mol. The molecule has 2 aromatic heterocycles. The van der Waals surface area contributed by atoms with Gasteiger partial charge < -0.3 is 13.6 Å². The zero-order valence-electron chi connectivity index (χ0n) is 14.6. The lowest BCUT2D eigenvalue weighted by molar-refractivity contribution is 0.415. The minimum atomic E-state index is -0.337. The summed E-state index contributed by atoms with van der Waals surface area (Å²) in [5.41, 5.74) is 5.26. The SMILES string of the molecule is COc1cccc(-c2c(C)c(=O)oc3c(C)c4occ(C)c4cc23)c1. The molecule has 0 saturated heterocycles. The number of rotatable bonds is 2. The van der Waals surface area contributed by atoms with Gasteiger partial charge in [-0.1, -0.05) is 12.1 Å². The van der Waals surface area contributed by atoms with Crippen LogP contribution in [-0.4, -0.2) is 7.11 Å². The fourth-order valence-corrected chi connectivity index (χ4v) is 3.38. The highest BCUT2D eigenvalue weighted by molar-refractivity contribution is 6.05. The lowest BCUT2D eigenvalue weighted by Gasteiger charge is -2.12. The number of hydrogen-bond acceptors (Lipinski definition) is 4. The third-order valence-corrected chi connectivity index (χ3v) is 4.74. The van der Waals surface area contributed by atoms with Gasteiger partial charge >= 0.3 is 5.63 Å². The quantitative estimate of drug-likeness (QED) is 0.476. The van der Waals surface area contributed by atoms with Crippen molar-refractivity contribution in [1.82, 2.24) is 0 Å². The maximum absolute atomic E-state index is 12.4. The van der Waals surface area contributed by atoms with Crippen LogP contribution in [-0.2, 0) is 0 Å². The summed E-state index contributed by atoms with van der Waals surface area (Å²) in [6, 6.07) is 9.76. The van der Waals surface area contributed by atoms with E-state index in [0.29, 0.717) is 11.1 Å². The summed E-state index contributed by atoms with van der Waals surface area (Å²) < 4.78 is 16.6. The molecular formula is C21H18O4. The predicted molar refractivity (Wildman–Crippen MR) is 98.5 cm³/mol. The van der Waals surface area contributed by atoms with E-state index in [4.69, 9.17) is 13.6 Å². The van der Waals surface area contributed by atoms with Crippen LogP contribution in [0.3, 0.4) is 0 Å². The Labute approximate surface area is 144 Å². The number of benzene rings is 2. The van der Waals surface area contributed by atoms with Gasteiger partial charge in [0.05, 0.1) is 13.4 Å². The van der Waals surface area contributed by atoms with E-state index in [0.717, 1.165) is 44.4 Å². The second-order valence-corrected chi connectivity index (χ2v) is 6.30. The smallest absolute Gasteiger partial charge is 0.339 e. The number of ether oxygens (including phenoxy) is 1. The number of furan rings is 1. The molecule has 0 aliphatic carbocycles. The zero-order chi connectivity index (χ0) is 17.7. The van der Waals surface area contributed by atoms with Crippen LogP contribution in [0.2, 0.25) is 0 Å². The summed E-state index contributed by atoms with van der Waals surface area (Å²) in [6.07, 6.45) is 1.73. The maximum Gasteiger partial charge on any atom is 0.339 e. The van der Waals surface area contributed by atoms with Crippen molar-refractivity contribution >= 4 is 21.9 Å². The summed E-state index contributed by atoms with van der Waals surface area (Å²) >= 11 is 0. The molecule has 25 heavy (non-hydrogen) atoms. The van der Waals surface area contributed by atoms with E-state index in [2.05, 4.69) is 0 Å².